The quantitative estimate of drug-likeness (QED) is 0.807. The van der Waals surface area contributed by atoms with Crippen molar-refractivity contribution in [3.05, 3.63) is 59.2 Å². The second kappa shape index (κ2) is 8.19. The highest BCUT2D eigenvalue weighted by atomic mass is 16.5. The minimum absolute atomic E-state index is 0.243. The van der Waals surface area contributed by atoms with Crippen molar-refractivity contribution < 1.29 is 24.2 Å². The predicted molar refractivity (Wildman–Crippen MR) is 93.2 cm³/mol. The highest BCUT2D eigenvalue weighted by Gasteiger charge is 2.20. The van der Waals surface area contributed by atoms with Crippen LogP contribution in [0.3, 0.4) is 0 Å². The van der Waals surface area contributed by atoms with E-state index >= 15 is 0 Å². The molecule has 0 heterocycles. The SMILES string of the molecule is COc1ccc(C(CC(=O)O)NC(=O)c2ccc(C)cc2)cc1OC. The van der Waals surface area contributed by atoms with Gasteiger partial charge in [0.1, 0.15) is 0 Å². The van der Waals surface area contributed by atoms with Crippen LogP contribution in [-0.2, 0) is 4.79 Å². The lowest BCUT2D eigenvalue weighted by molar-refractivity contribution is -0.137. The average molecular weight is 343 g/mol. The van der Waals surface area contributed by atoms with Crippen molar-refractivity contribution in [3.8, 4) is 11.5 Å². The largest absolute Gasteiger partial charge is 0.493 e. The number of carbonyl (C=O) groups excluding carboxylic acids is 1. The molecule has 25 heavy (non-hydrogen) atoms. The number of carbonyl (C=O) groups is 2. The summed E-state index contributed by atoms with van der Waals surface area (Å²) < 4.78 is 10.4. The van der Waals surface area contributed by atoms with Gasteiger partial charge in [0.15, 0.2) is 11.5 Å². The van der Waals surface area contributed by atoms with Crippen LogP contribution in [0.5, 0.6) is 11.5 Å². The summed E-state index contributed by atoms with van der Waals surface area (Å²) in [5.41, 5.74) is 2.14. The van der Waals surface area contributed by atoms with Gasteiger partial charge in [-0.1, -0.05) is 23.8 Å². The van der Waals surface area contributed by atoms with Gasteiger partial charge in [-0.3, -0.25) is 9.59 Å². The zero-order valence-corrected chi connectivity index (χ0v) is 14.4. The van der Waals surface area contributed by atoms with Crippen LogP contribution < -0.4 is 14.8 Å². The number of hydrogen-bond acceptors (Lipinski definition) is 4. The highest BCUT2D eigenvalue weighted by Crippen LogP contribution is 2.31. The first-order valence-electron chi connectivity index (χ1n) is 7.76. The Balaban J connectivity index is 2.28. The van der Waals surface area contributed by atoms with E-state index in [0.29, 0.717) is 22.6 Å². The summed E-state index contributed by atoms with van der Waals surface area (Å²) in [6.07, 6.45) is -0.243. The molecular formula is C19H21NO5. The van der Waals surface area contributed by atoms with Gasteiger partial charge in [-0.25, -0.2) is 0 Å². The summed E-state index contributed by atoms with van der Waals surface area (Å²) in [4.78, 5) is 23.7. The summed E-state index contributed by atoms with van der Waals surface area (Å²) in [7, 11) is 3.02. The van der Waals surface area contributed by atoms with E-state index in [0.717, 1.165) is 5.56 Å². The molecule has 0 fully saturated rings. The molecule has 2 aromatic carbocycles. The van der Waals surface area contributed by atoms with Gasteiger partial charge in [0, 0.05) is 5.56 Å². The number of methoxy groups -OCH3 is 2. The first-order valence-corrected chi connectivity index (χ1v) is 7.76. The van der Waals surface area contributed by atoms with E-state index in [1.165, 1.54) is 14.2 Å². The lowest BCUT2D eigenvalue weighted by Gasteiger charge is -2.19. The molecule has 6 nitrogen and oxygen atoms in total. The van der Waals surface area contributed by atoms with Crippen molar-refractivity contribution in [3.63, 3.8) is 0 Å². The summed E-state index contributed by atoms with van der Waals surface area (Å²) in [6.45, 7) is 1.93. The lowest BCUT2D eigenvalue weighted by atomic mass is 10.0. The van der Waals surface area contributed by atoms with Gasteiger partial charge >= 0.3 is 5.97 Å². The van der Waals surface area contributed by atoms with Gasteiger partial charge in [-0.05, 0) is 36.8 Å². The van der Waals surface area contributed by atoms with Gasteiger partial charge < -0.3 is 19.9 Å². The maximum atomic E-state index is 12.4. The third kappa shape index (κ3) is 4.73. The molecule has 2 rings (SSSR count). The smallest absolute Gasteiger partial charge is 0.305 e. The molecule has 0 aliphatic rings. The molecule has 132 valence electrons. The summed E-state index contributed by atoms with van der Waals surface area (Å²) in [6, 6.07) is 11.4. The molecule has 1 atom stereocenters. The third-order valence-corrected chi connectivity index (χ3v) is 3.81. The Labute approximate surface area is 146 Å². The number of amides is 1. The second-order valence-electron chi connectivity index (χ2n) is 5.60. The molecule has 1 amide bonds. The second-order valence-corrected chi connectivity index (χ2v) is 5.60. The molecule has 0 spiro atoms. The van der Waals surface area contributed by atoms with Crippen LogP contribution in [0.2, 0.25) is 0 Å². The molecule has 0 saturated carbocycles. The molecule has 0 bridgehead atoms. The number of carboxylic acids is 1. The Morgan fingerprint density at radius 1 is 1.04 bits per heavy atom. The standard InChI is InChI=1S/C19H21NO5/c1-12-4-6-13(7-5-12)19(23)20-15(11-18(21)22)14-8-9-16(24-2)17(10-14)25-3/h4-10,15H,11H2,1-3H3,(H,20,23)(H,21,22). The van der Waals surface area contributed by atoms with Crippen molar-refractivity contribution in [2.75, 3.05) is 14.2 Å². The van der Waals surface area contributed by atoms with E-state index in [4.69, 9.17) is 9.47 Å². The van der Waals surface area contributed by atoms with Gasteiger partial charge in [0.25, 0.3) is 5.91 Å². The molecule has 1 unspecified atom stereocenters. The fourth-order valence-corrected chi connectivity index (χ4v) is 2.44. The molecule has 2 aromatic rings. The summed E-state index contributed by atoms with van der Waals surface area (Å²) in [5.74, 6) is -0.338. The maximum Gasteiger partial charge on any atom is 0.305 e. The van der Waals surface area contributed by atoms with E-state index < -0.39 is 12.0 Å². The van der Waals surface area contributed by atoms with Crippen LogP contribution >= 0.6 is 0 Å². The molecular weight excluding hydrogens is 322 g/mol. The van der Waals surface area contributed by atoms with Gasteiger partial charge in [0.2, 0.25) is 0 Å². The summed E-state index contributed by atoms with van der Waals surface area (Å²) in [5, 5.41) is 12.0. The fraction of sp³-hybridized carbons (Fsp3) is 0.263. The molecule has 6 heteroatoms. The minimum atomic E-state index is -1.01. The number of aryl methyl sites for hydroxylation is 1. The Morgan fingerprint density at radius 3 is 2.24 bits per heavy atom. The maximum absolute atomic E-state index is 12.4. The Hall–Kier alpha value is -3.02. The average Bonchev–Trinajstić information content (AvgIpc) is 2.60. The highest BCUT2D eigenvalue weighted by molar-refractivity contribution is 5.94. The number of carboxylic acid groups (broad SMARTS) is 1. The van der Waals surface area contributed by atoms with Gasteiger partial charge in [-0.15, -0.1) is 0 Å². The lowest BCUT2D eigenvalue weighted by Crippen LogP contribution is -2.30. The number of nitrogens with one attached hydrogen (secondary N) is 1. The number of ether oxygens (including phenoxy) is 2. The Morgan fingerprint density at radius 2 is 1.68 bits per heavy atom. The van der Waals surface area contributed by atoms with Crippen LogP contribution in [0.15, 0.2) is 42.5 Å². The van der Waals surface area contributed by atoms with Gasteiger partial charge in [-0.2, -0.15) is 0 Å². The van der Waals surface area contributed by atoms with E-state index in [9.17, 15) is 14.7 Å². The van der Waals surface area contributed by atoms with Crippen LogP contribution in [0, 0.1) is 6.92 Å². The Kier molecular flexibility index (Phi) is 6.00. The van der Waals surface area contributed by atoms with Crippen molar-refractivity contribution in [1.82, 2.24) is 5.32 Å². The zero-order valence-electron chi connectivity index (χ0n) is 14.4. The predicted octanol–water partition coefficient (Wildman–Crippen LogP) is 2.96. The number of hydrogen-bond donors (Lipinski definition) is 2. The first kappa shape index (κ1) is 18.3. The van der Waals surface area contributed by atoms with Crippen molar-refractivity contribution in [2.24, 2.45) is 0 Å². The van der Waals surface area contributed by atoms with E-state index in [1.807, 2.05) is 19.1 Å². The van der Waals surface area contributed by atoms with Crippen molar-refractivity contribution >= 4 is 11.9 Å². The van der Waals surface area contributed by atoms with Crippen LogP contribution in [-0.4, -0.2) is 31.2 Å². The molecule has 0 aromatic heterocycles. The van der Waals surface area contributed by atoms with E-state index in [1.54, 1.807) is 30.3 Å². The Bertz CT molecular complexity index is 755. The number of aliphatic carboxylic acids is 1. The van der Waals surface area contributed by atoms with E-state index in [-0.39, 0.29) is 12.3 Å². The number of benzene rings is 2. The minimum Gasteiger partial charge on any atom is -0.493 e. The molecule has 0 radical (unpaired) electrons. The number of rotatable bonds is 7. The summed E-state index contributed by atoms with van der Waals surface area (Å²) >= 11 is 0. The van der Waals surface area contributed by atoms with Gasteiger partial charge in [0.05, 0.1) is 26.7 Å². The molecule has 0 saturated heterocycles. The normalized spacial score (nSPS) is 11.5. The first-order chi connectivity index (χ1) is 11.9. The van der Waals surface area contributed by atoms with Crippen LogP contribution in [0.4, 0.5) is 0 Å². The third-order valence-electron chi connectivity index (χ3n) is 3.81. The monoisotopic (exact) mass is 343 g/mol. The van der Waals surface area contributed by atoms with Crippen LogP contribution in [0.25, 0.3) is 0 Å². The van der Waals surface area contributed by atoms with Crippen molar-refractivity contribution in [2.45, 2.75) is 19.4 Å². The fourth-order valence-electron chi connectivity index (χ4n) is 2.44. The van der Waals surface area contributed by atoms with Crippen molar-refractivity contribution in [1.29, 1.82) is 0 Å². The molecule has 0 aliphatic carbocycles. The van der Waals surface area contributed by atoms with E-state index in [2.05, 4.69) is 5.32 Å². The van der Waals surface area contributed by atoms with Crippen LogP contribution in [0.1, 0.15) is 33.9 Å². The molecule has 0 aliphatic heterocycles. The topological polar surface area (TPSA) is 84.9 Å². The zero-order chi connectivity index (χ0) is 18.4. The molecule has 2 N–H and O–H groups in total.